The fourth-order valence-corrected chi connectivity index (χ4v) is 2.99. The van der Waals surface area contributed by atoms with E-state index in [0.29, 0.717) is 6.04 Å². The van der Waals surface area contributed by atoms with E-state index in [0.717, 1.165) is 32.4 Å². The second kappa shape index (κ2) is 5.45. The maximum absolute atomic E-state index is 12.5. The van der Waals surface area contributed by atoms with Crippen molar-refractivity contribution >= 4 is 0 Å². The SMILES string of the molecule is N#CC(CNC1CCN2CCCCC12)C(F)(F)F. The van der Waals surface area contributed by atoms with Crippen LogP contribution in [0, 0.1) is 17.2 Å². The van der Waals surface area contributed by atoms with E-state index in [-0.39, 0.29) is 12.6 Å². The van der Waals surface area contributed by atoms with E-state index >= 15 is 0 Å². The van der Waals surface area contributed by atoms with Gasteiger partial charge >= 0.3 is 6.18 Å². The lowest BCUT2D eigenvalue weighted by atomic mass is 9.98. The average Bonchev–Trinajstić information content (AvgIpc) is 2.72. The van der Waals surface area contributed by atoms with E-state index < -0.39 is 12.1 Å². The maximum atomic E-state index is 12.5. The lowest BCUT2D eigenvalue weighted by Gasteiger charge is -2.33. The van der Waals surface area contributed by atoms with Gasteiger partial charge in [0, 0.05) is 25.2 Å². The minimum Gasteiger partial charge on any atom is -0.311 e. The van der Waals surface area contributed by atoms with Gasteiger partial charge in [-0.1, -0.05) is 6.42 Å². The predicted octanol–water partition coefficient (Wildman–Crippen LogP) is 1.90. The van der Waals surface area contributed by atoms with Crippen LogP contribution in [0.5, 0.6) is 0 Å². The first-order chi connectivity index (χ1) is 8.52. The Balaban J connectivity index is 1.85. The number of rotatable bonds is 3. The number of halogens is 3. The average molecular weight is 261 g/mol. The summed E-state index contributed by atoms with van der Waals surface area (Å²) in [5.41, 5.74) is 0. The first kappa shape index (κ1) is 13.6. The predicted molar refractivity (Wildman–Crippen MR) is 60.8 cm³/mol. The highest BCUT2D eigenvalue weighted by atomic mass is 19.4. The Morgan fingerprint density at radius 2 is 2.06 bits per heavy atom. The van der Waals surface area contributed by atoms with Crippen LogP contribution in [0.1, 0.15) is 25.7 Å². The molecule has 6 heteroatoms. The molecule has 2 saturated heterocycles. The van der Waals surface area contributed by atoms with Gasteiger partial charge in [-0.2, -0.15) is 18.4 Å². The molecule has 1 N–H and O–H groups in total. The summed E-state index contributed by atoms with van der Waals surface area (Å²) >= 11 is 0. The summed E-state index contributed by atoms with van der Waals surface area (Å²) in [6, 6.07) is 1.82. The molecular formula is C12H18F3N3. The van der Waals surface area contributed by atoms with Crippen LogP contribution in [0.2, 0.25) is 0 Å². The van der Waals surface area contributed by atoms with E-state index in [1.54, 1.807) is 0 Å². The van der Waals surface area contributed by atoms with Crippen molar-refractivity contribution in [1.82, 2.24) is 10.2 Å². The summed E-state index contributed by atoms with van der Waals surface area (Å²) in [7, 11) is 0. The summed E-state index contributed by atoms with van der Waals surface area (Å²) in [6.07, 6.45) is -0.138. The molecule has 18 heavy (non-hydrogen) atoms. The van der Waals surface area contributed by atoms with Crippen molar-refractivity contribution in [2.24, 2.45) is 5.92 Å². The highest BCUT2D eigenvalue weighted by Gasteiger charge is 2.41. The van der Waals surface area contributed by atoms with Gasteiger partial charge in [-0.25, -0.2) is 0 Å². The first-order valence-corrected chi connectivity index (χ1v) is 6.46. The van der Waals surface area contributed by atoms with Gasteiger partial charge in [-0.15, -0.1) is 0 Å². The number of hydrogen-bond donors (Lipinski definition) is 1. The van der Waals surface area contributed by atoms with Crippen molar-refractivity contribution < 1.29 is 13.2 Å². The van der Waals surface area contributed by atoms with E-state index in [1.807, 2.05) is 0 Å². The molecule has 0 aromatic carbocycles. The van der Waals surface area contributed by atoms with Gasteiger partial charge in [0.05, 0.1) is 6.07 Å². The Morgan fingerprint density at radius 1 is 1.28 bits per heavy atom. The molecule has 0 bridgehead atoms. The third-order valence-corrected chi connectivity index (χ3v) is 3.99. The zero-order valence-electron chi connectivity index (χ0n) is 10.2. The molecule has 0 amide bonds. The van der Waals surface area contributed by atoms with Gasteiger partial charge in [-0.05, 0) is 25.8 Å². The molecular weight excluding hydrogens is 243 g/mol. The molecule has 2 aliphatic rings. The summed E-state index contributed by atoms with van der Waals surface area (Å²) in [5, 5.41) is 11.5. The van der Waals surface area contributed by atoms with Crippen LogP contribution in [-0.2, 0) is 0 Å². The van der Waals surface area contributed by atoms with Crippen molar-refractivity contribution in [2.45, 2.75) is 43.9 Å². The molecule has 0 saturated carbocycles. The lowest BCUT2D eigenvalue weighted by Crippen LogP contribution is -2.47. The van der Waals surface area contributed by atoms with Crippen molar-refractivity contribution in [2.75, 3.05) is 19.6 Å². The number of nitrogens with zero attached hydrogens (tertiary/aromatic N) is 2. The van der Waals surface area contributed by atoms with Gasteiger partial charge in [-0.3, -0.25) is 4.90 Å². The molecule has 2 aliphatic heterocycles. The molecule has 3 unspecified atom stereocenters. The molecule has 2 rings (SSSR count). The third kappa shape index (κ3) is 2.96. The van der Waals surface area contributed by atoms with E-state index in [2.05, 4.69) is 10.2 Å². The van der Waals surface area contributed by atoms with Crippen LogP contribution in [0.25, 0.3) is 0 Å². The van der Waals surface area contributed by atoms with Gasteiger partial charge in [0.25, 0.3) is 0 Å². The Bertz CT molecular complexity index is 324. The molecule has 102 valence electrons. The molecule has 3 atom stereocenters. The van der Waals surface area contributed by atoms with E-state index in [9.17, 15) is 13.2 Å². The highest BCUT2D eigenvalue weighted by molar-refractivity contribution is 4.96. The molecule has 2 fully saturated rings. The Kier molecular flexibility index (Phi) is 4.13. The van der Waals surface area contributed by atoms with Gasteiger partial charge < -0.3 is 5.32 Å². The molecule has 0 aromatic heterocycles. The number of nitriles is 1. The Hall–Kier alpha value is -0.800. The zero-order valence-corrected chi connectivity index (χ0v) is 10.2. The lowest BCUT2D eigenvalue weighted by molar-refractivity contribution is -0.158. The quantitative estimate of drug-likeness (QED) is 0.843. The summed E-state index contributed by atoms with van der Waals surface area (Å²) in [6.45, 7) is 1.74. The first-order valence-electron chi connectivity index (χ1n) is 6.46. The fraction of sp³-hybridized carbons (Fsp3) is 0.917. The van der Waals surface area contributed by atoms with Crippen molar-refractivity contribution in [3.63, 3.8) is 0 Å². The summed E-state index contributed by atoms with van der Waals surface area (Å²) < 4.78 is 37.4. The number of alkyl halides is 3. The van der Waals surface area contributed by atoms with Crippen LogP contribution in [0.3, 0.4) is 0 Å². The second-order valence-electron chi connectivity index (χ2n) is 5.13. The molecule has 2 heterocycles. The maximum Gasteiger partial charge on any atom is 0.405 e. The van der Waals surface area contributed by atoms with Crippen LogP contribution in [-0.4, -0.2) is 42.8 Å². The Morgan fingerprint density at radius 3 is 2.72 bits per heavy atom. The molecule has 0 aromatic rings. The monoisotopic (exact) mass is 261 g/mol. The molecule has 3 nitrogen and oxygen atoms in total. The van der Waals surface area contributed by atoms with Crippen molar-refractivity contribution in [1.29, 1.82) is 5.26 Å². The minimum absolute atomic E-state index is 0.114. The normalized spacial score (nSPS) is 30.8. The summed E-state index contributed by atoms with van der Waals surface area (Å²) in [5.74, 6) is -1.89. The minimum atomic E-state index is -4.42. The van der Waals surface area contributed by atoms with E-state index in [1.165, 1.54) is 12.5 Å². The van der Waals surface area contributed by atoms with Crippen LogP contribution >= 0.6 is 0 Å². The van der Waals surface area contributed by atoms with Crippen LogP contribution < -0.4 is 5.32 Å². The molecule has 0 radical (unpaired) electrons. The topological polar surface area (TPSA) is 39.1 Å². The van der Waals surface area contributed by atoms with Gasteiger partial charge in [0.1, 0.15) is 0 Å². The van der Waals surface area contributed by atoms with Crippen LogP contribution in [0.15, 0.2) is 0 Å². The van der Waals surface area contributed by atoms with E-state index in [4.69, 9.17) is 5.26 Å². The largest absolute Gasteiger partial charge is 0.405 e. The fourth-order valence-electron chi connectivity index (χ4n) is 2.99. The molecule has 0 spiro atoms. The van der Waals surface area contributed by atoms with Crippen molar-refractivity contribution in [3.05, 3.63) is 0 Å². The highest BCUT2D eigenvalue weighted by Crippen LogP contribution is 2.29. The smallest absolute Gasteiger partial charge is 0.311 e. The van der Waals surface area contributed by atoms with Crippen LogP contribution in [0.4, 0.5) is 13.2 Å². The van der Waals surface area contributed by atoms with Gasteiger partial charge in [0.2, 0.25) is 0 Å². The Labute approximate surface area is 105 Å². The summed E-state index contributed by atoms with van der Waals surface area (Å²) in [4.78, 5) is 2.36. The zero-order chi connectivity index (χ0) is 13.2. The number of piperidine rings is 1. The number of nitrogens with one attached hydrogen (secondary N) is 1. The second-order valence-corrected chi connectivity index (χ2v) is 5.13. The standard InChI is InChI=1S/C12H18F3N3/c13-12(14,15)9(7-16)8-17-10-4-6-18-5-2-1-3-11(10)18/h9-11,17H,1-6,8H2. The van der Waals surface area contributed by atoms with Crippen molar-refractivity contribution in [3.8, 4) is 6.07 Å². The number of fused-ring (bicyclic) bond motifs is 1. The third-order valence-electron chi connectivity index (χ3n) is 3.99. The van der Waals surface area contributed by atoms with Gasteiger partial charge in [0.15, 0.2) is 5.92 Å². The number of hydrogen-bond acceptors (Lipinski definition) is 3. The molecule has 0 aliphatic carbocycles.